The molecule has 1 saturated heterocycles. The highest BCUT2D eigenvalue weighted by atomic mass is 16.4. The number of rotatable bonds is 3. The largest absolute Gasteiger partial charge is 0.480 e. The summed E-state index contributed by atoms with van der Waals surface area (Å²) in [5.41, 5.74) is 2.37. The van der Waals surface area contributed by atoms with E-state index in [0.717, 1.165) is 12.0 Å². The van der Waals surface area contributed by atoms with Crippen molar-refractivity contribution in [2.24, 2.45) is 0 Å². The monoisotopic (exact) mass is 331 g/mol. The average molecular weight is 331 g/mol. The lowest BCUT2D eigenvalue weighted by Gasteiger charge is -2.29. The standard InChI is InChI=1S/C17H21N3O4/c21-15(20-8-3-6-14(20)16(22)23)10-18-17(24)19-9-7-12-4-1-2-5-13(12)11-19/h1-2,4-5,14H,3,6-11H2,(H,18,24)(H,22,23). The quantitative estimate of drug-likeness (QED) is 0.858. The normalized spacial score (nSPS) is 19.8. The number of hydrogen-bond donors (Lipinski definition) is 2. The molecule has 3 rings (SSSR count). The number of hydrogen-bond acceptors (Lipinski definition) is 3. The summed E-state index contributed by atoms with van der Waals surface area (Å²) < 4.78 is 0. The molecule has 1 aromatic rings. The van der Waals surface area contributed by atoms with E-state index in [4.69, 9.17) is 5.11 Å². The highest BCUT2D eigenvalue weighted by Gasteiger charge is 2.34. The number of carbonyl (C=O) groups excluding carboxylic acids is 2. The molecule has 7 nitrogen and oxygen atoms in total. The highest BCUT2D eigenvalue weighted by Crippen LogP contribution is 2.19. The molecule has 0 aliphatic carbocycles. The van der Waals surface area contributed by atoms with E-state index >= 15 is 0 Å². The van der Waals surface area contributed by atoms with Gasteiger partial charge in [-0.2, -0.15) is 0 Å². The molecule has 1 aromatic carbocycles. The van der Waals surface area contributed by atoms with Crippen LogP contribution in [-0.2, 0) is 22.6 Å². The number of benzene rings is 1. The molecular weight excluding hydrogens is 310 g/mol. The molecule has 0 aromatic heterocycles. The first kappa shape index (κ1) is 16.3. The number of urea groups is 1. The van der Waals surface area contributed by atoms with E-state index in [1.807, 2.05) is 18.2 Å². The van der Waals surface area contributed by atoms with E-state index in [1.165, 1.54) is 10.5 Å². The Labute approximate surface area is 140 Å². The number of carboxylic acid groups (broad SMARTS) is 1. The zero-order chi connectivity index (χ0) is 17.1. The topological polar surface area (TPSA) is 90.0 Å². The summed E-state index contributed by atoms with van der Waals surface area (Å²) in [6.45, 7) is 1.40. The molecule has 0 spiro atoms. The average Bonchev–Trinajstić information content (AvgIpc) is 3.09. The third-order valence-electron chi connectivity index (χ3n) is 4.67. The molecule has 7 heteroatoms. The van der Waals surface area contributed by atoms with E-state index in [2.05, 4.69) is 11.4 Å². The van der Waals surface area contributed by atoms with Crippen LogP contribution >= 0.6 is 0 Å². The van der Waals surface area contributed by atoms with Crippen LogP contribution in [0.1, 0.15) is 24.0 Å². The fraction of sp³-hybridized carbons (Fsp3) is 0.471. The molecule has 1 atom stereocenters. The van der Waals surface area contributed by atoms with Gasteiger partial charge in [0.05, 0.1) is 6.54 Å². The van der Waals surface area contributed by atoms with Crippen molar-refractivity contribution in [1.82, 2.24) is 15.1 Å². The Hall–Kier alpha value is -2.57. The van der Waals surface area contributed by atoms with E-state index in [0.29, 0.717) is 32.5 Å². The smallest absolute Gasteiger partial charge is 0.326 e. The summed E-state index contributed by atoms with van der Waals surface area (Å²) in [5.74, 6) is -1.33. The van der Waals surface area contributed by atoms with E-state index in [1.54, 1.807) is 4.90 Å². The lowest BCUT2D eigenvalue weighted by atomic mass is 10.0. The second-order valence-corrected chi connectivity index (χ2v) is 6.18. The third-order valence-corrected chi connectivity index (χ3v) is 4.67. The van der Waals surface area contributed by atoms with Gasteiger partial charge < -0.3 is 20.2 Å². The molecule has 2 aliphatic rings. The number of fused-ring (bicyclic) bond motifs is 1. The van der Waals surface area contributed by atoms with Crippen molar-refractivity contribution in [3.05, 3.63) is 35.4 Å². The molecule has 2 aliphatic heterocycles. The van der Waals surface area contributed by atoms with Gasteiger partial charge in [0.1, 0.15) is 6.04 Å². The zero-order valence-corrected chi connectivity index (χ0v) is 13.4. The summed E-state index contributed by atoms with van der Waals surface area (Å²) in [6, 6.07) is 6.95. The number of likely N-dealkylation sites (tertiary alicyclic amines) is 1. The summed E-state index contributed by atoms with van der Waals surface area (Å²) in [4.78, 5) is 38.6. The van der Waals surface area contributed by atoms with Gasteiger partial charge in [-0.25, -0.2) is 9.59 Å². The van der Waals surface area contributed by atoms with Crippen LogP contribution in [-0.4, -0.2) is 58.5 Å². The first-order valence-electron chi connectivity index (χ1n) is 8.18. The van der Waals surface area contributed by atoms with Gasteiger partial charge in [0.2, 0.25) is 5.91 Å². The van der Waals surface area contributed by atoms with Gasteiger partial charge >= 0.3 is 12.0 Å². The van der Waals surface area contributed by atoms with Crippen LogP contribution in [0.5, 0.6) is 0 Å². The van der Waals surface area contributed by atoms with Gasteiger partial charge in [0, 0.05) is 19.6 Å². The number of amides is 3. The number of carboxylic acids is 1. The first-order chi connectivity index (χ1) is 11.6. The molecule has 128 valence electrons. The minimum absolute atomic E-state index is 0.166. The Morgan fingerprint density at radius 2 is 1.92 bits per heavy atom. The van der Waals surface area contributed by atoms with Crippen LogP contribution in [0.3, 0.4) is 0 Å². The SMILES string of the molecule is O=C(O)C1CCCN1C(=O)CNC(=O)N1CCc2ccccc2C1. The van der Waals surface area contributed by atoms with Crippen molar-refractivity contribution < 1.29 is 19.5 Å². The van der Waals surface area contributed by atoms with Crippen molar-refractivity contribution in [3.63, 3.8) is 0 Å². The number of nitrogens with one attached hydrogen (secondary N) is 1. The van der Waals surface area contributed by atoms with E-state index < -0.39 is 12.0 Å². The van der Waals surface area contributed by atoms with Crippen LogP contribution in [0.4, 0.5) is 4.79 Å². The van der Waals surface area contributed by atoms with Crippen molar-refractivity contribution in [3.8, 4) is 0 Å². The number of aliphatic carboxylic acids is 1. The maximum Gasteiger partial charge on any atom is 0.326 e. The van der Waals surface area contributed by atoms with Crippen molar-refractivity contribution >= 4 is 17.9 Å². The van der Waals surface area contributed by atoms with Gasteiger partial charge in [-0.05, 0) is 30.4 Å². The Kier molecular flexibility index (Phi) is 4.69. The minimum Gasteiger partial charge on any atom is -0.480 e. The maximum absolute atomic E-state index is 12.3. The Balaban J connectivity index is 1.53. The molecule has 2 N–H and O–H groups in total. The second-order valence-electron chi connectivity index (χ2n) is 6.18. The van der Waals surface area contributed by atoms with Gasteiger partial charge in [-0.15, -0.1) is 0 Å². The van der Waals surface area contributed by atoms with Crippen LogP contribution < -0.4 is 5.32 Å². The minimum atomic E-state index is -0.986. The third kappa shape index (κ3) is 3.34. The predicted molar refractivity (Wildman–Crippen MR) is 86.3 cm³/mol. The molecule has 0 saturated carbocycles. The molecule has 0 bridgehead atoms. The van der Waals surface area contributed by atoms with E-state index in [9.17, 15) is 14.4 Å². The Bertz CT molecular complexity index is 661. The van der Waals surface area contributed by atoms with Gasteiger partial charge in [0.25, 0.3) is 0 Å². The van der Waals surface area contributed by atoms with Crippen molar-refractivity contribution in [2.75, 3.05) is 19.6 Å². The molecule has 2 heterocycles. The fourth-order valence-electron chi connectivity index (χ4n) is 3.36. The van der Waals surface area contributed by atoms with Crippen molar-refractivity contribution in [1.29, 1.82) is 0 Å². The van der Waals surface area contributed by atoms with E-state index in [-0.39, 0.29) is 18.5 Å². The Morgan fingerprint density at radius 1 is 1.17 bits per heavy atom. The lowest BCUT2D eigenvalue weighted by Crippen LogP contribution is -2.49. The zero-order valence-electron chi connectivity index (χ0n) is 13.4. The fourth-order valence-corrected chi connectivity index (χ4v) is 3.36. The molecule has 0 radical (unpaired) electrons. The molecular formula is C17H21N3O4. The Morgan fingerprint density at radius 3 is 2.67 bits per heavy atom. The van der Waals surface area contributed by atoms with Crippen LogP contribution in [0.2, 0.25) is 0 Å². The maximum atomic E-state index is 12.3. The summed E-state index contributed by atoms with van der Waals surface area (Å²) in [5, 5.41) is 11.7. The number of nitrogens with zero attached hydrogens (tertiary/aromatic N) is 2. The van der Waals surface area contributed by atoms with Gasteiger partial charge in [-0.3, -0.25) is 4.79 Å². The van der Waals surface area contributed by atoms with Crippen molar-refractivity contribution in [2.45, 2.75) is 31.8 Å². The predicted octanol–water partition coefficient (Wildman–Crippen LogP) is 0.830. The summed E-state index contributed by atoms with van der Waals surface area (Å²) in [6.07, 6.45) is 1.95. The second kappa shape index (κ2) is 6.90. The molecule has 1 fully saturated rings. The first-order valence-corrected chi connectivity index (χ1v) is 8.18. The van der Waals surface area contributed by atoms with Gasteiger partial charge in [-0.1, -0.05) is 24.3 Å². The molecule has 24 heavy (non-hydrogen) atoms. The summed E-state index contributed by atoms with van der Waals surface area (Å²) in [7, 11) is 0. The van der Waals surface area contributed by atoms with Crippen LogP contribution in [0.15, 0.2) is 24.3 Å². The van der Waals surface area contributed by atoms with Crippen LogP contribution in [0, 0.1) is 0 Å². The summed E-state index contributed by atoms with van der Waals surface area (Å²) >= 11 is 0. The number of carbonyl (C=O) groups is 3. The lowest BCUT2D eigenvalue weighted by molar-refractivity contribution is -0.147. The van der Waals surface area contributed by atoms with Crippen LogP contribution in [0.25, 0.3) is 0 Å². The highest BCUT2D eigenvalue weighted by molar-refractivity contribution is 5.88. The molecule has 3 amide bonds. The van der Waals surface area contributed by atoms with Gasteiger partial charge in [0.15, 0.2) is 0 Å². The molecule has 1 unspecified atom stereocenters.